The molecule has 1 amide bonds. The van der Waals surface area contributed by atoms with Gasteiger partial charge in [-0.1, -0.05) is 41.4 Å². The Hall–Kier alpha value is -2.35. The van der Waals surface area contributed by atoms with Crippen LogP contribution in [0.3, 0.4) is 0 Å². The van der Waals surface area contributed by atoms with Gasteiger partial charge in [0, 0.05) is 28.6 Å². The predicted octanol–water partition coefficient (Wildman–Crippen LogP) is 4.59. The quantitative estimate of drug-likeness (QED) is 0.818. The van der Waals surface area contributed by atoms with E-state index in [4.69, 9.17) is 23.2 Å². The van der Waals surface area contributed by atoms with Gasteiger partial charge in [-0.15, -0.1) is 0 Å². The van der Waals surface area contributed by atoms with E-state index in [0.717, 1.165) is 0 Å². The molecule has 1 atom stereocenters. The summed E-state index contributed by atoms with van der Waals surface area (Å²) in [4.78, 5) is 24.1. The highest BCUT2D eigenvalue weighted by Crippen LogP contribution is 2.21. The first-order chi connectivity index (χ1) is 11.5. The second-order valence-electron chi connectivity index (χ2n) is 5.14. The number of hydrogen-bond acceptors (Lipinski definition) is 3. The zero-order valence-electron chi connectivity index (χ0n) is 12.6. The van der Waals surface area contributed by atoms with Gasteiger partial charge in [-0.05, 0) is 35.9 Å². The first-order valence-corrected chi connectivity index (χ1v) is 7.98. The average Bonchev–Trinajstić information content (AvgIpc) is 2.55. The van der Waals surface area contributed by atoms with Gasteiger partial charge in [-0.2, -0.15) is 5.26 Å². The van der Waals surface area contributed by atoms with E-state index in [0.29, 0.717) is 21.3 Å². The van der Waals surface area contributed by atoms with Crippen molar-refractivity contribution in [2.75, 3.05) is 5.32 Å². The summed E-state index contributed by atoms with van der Waals surface area (Å²) in [5, 5.41) is 12.9. The topological polar surface area (TPSA) is 70.0 Å². The molecule has 0 aliphatic carbocycles. The lowest BCUT2D eigenvalue weighted by atomic mass is 9.93. The normalized spacial score (nSPS) is 11.4. The minimum Gasteiger partial charge on any atom is -0.326 e. The highest BCUT2D eigenvalue weighted by atomic mass is 35.5. The molecule has 1 N–H and O–H groups in total. The summed E-state index contributed by atoms with van der Waals surface area (Å²) in [6.07, 6.45) is -0.0234. The van der Waals surface area contributed by atoms with Gasteiger partial charge in [0.15, 0.2) is 5.78 Å². The summed E-state index contributed by atoms with van der Waals surface area (Å²) in [6, 6.07) is 15.2. The van der Waals surface area contributed by atoms with Gasteiger partial charge in [0.05, 0.1) is 6.07 Å². The number of ketones is 1. The lowest BCUT2D eigenvalue weighted by Crippen LogP contribution is -2.16. The standard InChI is InChI=1S/C18H14Cl2N2O2/c19-13-6-4-12(5-7-13)16(11-21)17(23)8-9-18(24)22-15-3-1-2-14(20)10-15/h1-7,10,16H,8-9H2,(H,22,24)/t16-/m0/s1. The highest BCUT2D eigenvalue weighted by Gasteiger charge is 2.20. The lowest BCUT2D eigenvalue weighted by molar-refractivity contribution is -0.123. The molecule has 0 spiro atoms. The molecule has 4 nitrogen and oxygen atoms in total. The summed E-state index contributed by atoms with van der Waals surface area (Å²) in [7, 11) is 0. The van der Waals surface area contributed by atoms with Gasteiger partial charge in [-0.3, -0.25) is 9.59 Å². The van der Waals surface area contributed by atoms with E-state index in [-0.39, 0.29) is 24.5 Å². The van der Waals surface area contributed by atoms with E-state index < -0.39 is 5.92 Å². The Morgan fingerprint density at radius 3 is 2.38 bits per heavy atom. The van der Waals surface area contributed by atoms with Crippen LogP contribution in [-0.4, -0.2) is 11.7 Å². The van der Waals surface area contributed by atoms with E-state index in [1.807, 2.05) is 6.07 Å². The number of Topliss-reactive ketones (excluding diaryl/α,β-unsaturated/α-hetero) is 1. The number of nitriles is 1. The number of nitrogens with one attached hydrogen (secondary N) is 1. The molecule has 122 valence electrons. The largest absolute Gasteiger partial charge is 0.326 e. The van der Waals surface area contributed by atoms with E-state index in [1.54, 1.807) is 48.5 Å². The van der Waals surface area contributed by atoms with Gasteiger partial charge in [0.2, 0.25) is 5.91 Å². The van der Waals surface area contributed by atoms with Crippen molar-refractivity contribution in [3.05, 3.63) is 64.1 Å². The van der Waals surface area contributed by atoms with Crippen molar-refractivity contribution < 1.29 is 9.59 Å². The molecule has 0 radical (unpaired) electrons. The molecule has 0 heterocycles. The van der Waals surface area contributed by atoms with Crippen LogP contribution in [0, 0.1) is 11.3 Å². The van der Waals surface area contributed by atoms with Crippen molar-refractivity contribution >= 4 is 40.6 Å². The van der Waals surface area contributed by atoms with Crippen LogP contribution in [0.25, 0.3) is 0 Å². The lowest BCUT2D eigenvalue weighted by Gasteiger charge is -2.09. The van der Waals surface area contributed by atoms with Crippen LogP contribution in [0.4, 0.5) is 5.69 Å². The Bertz CT molecular complexity index is 782. The fraction of sp³-hybridized carbons (Fsp3) is 0.167. The molecule has 0 aromatic heterocycles. The van der Waals surface area contributed by atoms with Crippen molar-refractivity contribution in [2.45, 2.75) is 18.8 Å². The molecule has 24 heavy (non-hydrogen) atoms. The van der Waals surface area contributed by atoms with E-state index in [2.05, 4.69) is 5.32 Å². The molecule has 6 heteroatoms. The maximum absolute atomic E-state index is 12.2. The van der Waals surface area contributed by atoms with Gasteiger partial charge < -0.3 is 5.32 Å². The molecule has 0 unspecified atom stereocenters. The number of amides is 1. The number of rotatable bonds is 6. The van der Waals surface area contributed by atoms with Gasteiger partial charge in [0.25, 0.3) is 0 Å². The number of benzene rings is 2. The SMILES string of the molecule is N#C[C@H](C(=O)CCC(=O)Nc1cccc(Cl)c1)c1ccc(Cl)cc1. The average molecular weight is 361 g/mol. The molecule has 0 aliphatic rings. The maximum Gasteiger partial charge on any atom is 0.224 e. The minimum atomic E-state index is -0.902. The van der Waals surface area contributed by atoms with Gasteiger partial charge in [0.1, 0.15) is 5.92 Å². The van der Waals surface area contributed by atoms with E-state index in [9.17, 15) is 14.9 Å². The van der Waals surface area contributed by atoms with Crippen LogP contribution in [0.1, 0.15) is 24.3 Å². The van der Waals surface area contributed by atoms with Crippen LogP contribution < -0.4 is 5.32 Å². The molecule has 0 bridgehead atoms. The van der Waals surface area contributed by atoms with Gasteiger partial charge in [-0.25, -0.2) is 0 Å². The number of nitrogens with zero attached hydrogens (tertiary/aromatic N) is 1. The van der Waals surface area contributed by atoms with Gasteiger partial charge >= 0.3 is 0 Å². The third-order valence-electron chi connectivity index (χ3n) is 3.36. The number of hydrogen-bond donors (Lipinski definition) is 1. The minimum absolute atomic E-state index is 0.00286. The number of anilines is 1. The molecule has 0 fully saturated rings. The van der Waals surface area contributed by atoms with E-state index >= 15 is 0 Å². The fourth-order valence-corrected chi connectivity index (χ4v) is 2.47. The summed E-state index contributed by atoms with van der Waals surface area (Å²) in [6.45, 7) is 0. The molecular formula is C18H14Cl2N2O2. The Balaban J connectivity index is 1.92. The van der Waals surface area contributed by atoms with Crippen LogP contribution in [0.2, 0.25) is 10.0 Å². The smallest absolute Gasteiger partial charge is 0.224 e. The molecule has 2 aromatic rings. The molecular weight excluding hydrogens is 347 g/mol. The Morgan fingerprint density at radius 2 is 1.75 bits per heavy atom. The predicted molar refractivity (Wildman–Crippen MR) is 94.1 cm³/mol. The van der Waals surface area contributed by atoms with Crippen molar-refractivity contribution in [3.8, 4) is 6.07 Å². The van der Waals surface area contributed by atoms with Crippen LogP contribution in [0.5, 0.6) is 0 Å². The fourth-order valence-electron chi connectivity index (χ4n) is 2.16. The molecule has 0 saturated heterocycles. The Morgan fingerprint density at radius 1 is 1.04 bits per heavy atom. The number of carbonyl (C=O) groups is 2. The second kappa shape index (κ2) is 8.49. The number of halogens is 2. The van der Waals surface area contributed by atoms with Crippen molar-refractivity contribution in [3.63, 3.8) is 0 Å². The first-order valence-electron chi connectivity index (χ1n) is 7.23. The zero-order valence-corrected chi connectivity index (χ0v) is 14.1. The molecule has 2 rings (SSSR count). The summed E-state index contributed by atoms with van der Waals surface area (Å²) >= 11 is 11.6. The van der Waals surface area contributed by atoms with Crippen molar-refractivity contribution in [1.29, 1.82) is 5.26 Å². The third-order valence-corrected chi connectivity index (χ3v) is 3.85. The highest BCUT2D eigenvalue weighted by molar-refractivity contribution is 6.31. The summed E-state index contributed by atoms with van der Waals surface area (Å²) in [5.74, 6) is -1.51. The van der Waals surface area contributed by atoms with Crippen molar-refractivity contribution in [2.24, 2.45) is 0 Å². The summed E-state index contributed by atoms with van der Waals surface area (Å²) < 4.78 is 0. The zero-order chi connectivity index (χ0) is 17.5. The van der Waals surface area contributed by atoms with Crippen LogP contribution in [-0.2, 0) is 9.59 Å². The Labute approximate surface area is 150 Å². The summed E-state index contributed by atoms with van der Waals surface area (Å²) in [5.41, 5.74) is 1.14. The second-order valence-corrected chi connectivity index (χ2v) is 6.01. The monoisotopic (exact) mass is 360 g/mol. The molecule has 0 saturated carbocycles. The number of carbonyl (C=O) groups excluding carboxylic acids is 2. The van der Waals surface area contributed by atoms with E-state index in [1.165, 1.54) is 0 Å². The molecule has 2 aromatic carbocycles. The molecule has 0 aliphatic heterocycles. The maximum atomic E-state index is 12.2. The Kier molecular flexibility index (Phi) is 6.36. The first kappa shape index (κ1) is 18.0. The van der Waals surface area contributed by atoms with Crippen LogP contribution >= 0.6 is 23.2 Å². The van der Waals surface area contributed by atoms with Crippen LogP contribution in [0.15, 0.2) is 48.5 Å². The van der Waals surface area contributed by atoms with Crippen molar-refractivity contribution in [1.82, 2.24) is 0 Å². The third kappa shape index (κ3) is 5.09.